The average molecular weight is 180 g/mol. The van der Waals surface area contributed by atoms with E-state index >= 15 is 0 Å². The van der Waals surface area contributed by atoms with Gasteiger partial charge in [0.25, 0.3) is 0 Å². The minimum atomic E-state index is 0.886. The summed E-state index contributed by atoms with van der Waals surface area (Å²) in [7, 11) is 0. The molecule has 0 aromatic heterocycles. The maximum Gasteiger partial charge on any atom is 0.0108 e. The molecule has 0 saturated carbocycles. The minimum Gasteiger partial charge on any atom is -0.0891 e. The van der Waals surface area contributed by atoms with Gasteiger partial charge in [-0.2, -0.15) is 0 Å². The summed E-state index contributed by atoms with van der Waals surface area (Å²) < 4.78 is 0. The van der Waals surface area contributed by atoms with Gasteiger partial charge < -0.3 is 0 Å². The summed E-state index contributed by atoms with van der Waals surface area (Å²) in [6.45, 7) is 0. The van der Waals surface area contributed by atoms with Gasteiger partial charge in [0.2, 0.25) is 0 Å². The van der Waals surface area contributed by atoms with Gasteiger partial charge in [-0.3, -0.25) is 0 Å². The van der Waals surface area contributed by atoms with Crippen molar-refractivity contribution >= 4 is 0 Å². The van der Waals surface area contributed by atoms with Gasteiger partial charge in [-0.05, 0) is 36.5 Å². The molecule has 1 aliphatic carbocycles. The molecule has 0 aliphatic heterocycles. The second kappa shape index (κ2) is 7.87. The lowest BCUT2D eigenvalue weighted by molar-refractivity contribution is 0.901. The van der Waals surface area contributed by atoms with E-state index in [0.717, 1.165) is 38.5 Å². The molecule has 0 bridgehead atoms. The molecule has 68 valence electrons. The monoisotopic (exact) mass is 180 g/mol. The Kier molecular flexibility index (Phi) is 5.80. The van der Waals surface area contributed by atoms with E-state index in [-0.39, 0.29) is 0 Å². The van der Waals surface area contributed by atoms with Crippen LogP contribution in [0.3, 0.4) is 0 Å². The standard InChI is InChI=1S/C14H12/c1-2-4-6-8-10-12-14-13-11-9-7-5-3-1/h1-3,12-14H2. The van der Waals surface area contributed by atoms with Crippen LogP contribution in [0.1, 0.15) is 38.5 Å². The molecule has 0 radical (unpaired) electrons. The molecule has 14 heavy (non-hydrogen) atoms. The fourth-order valence-electron chi connectivity index (χ4n) is 0.957. The topological polar surface area (TPSA) is 0 Å². The third-order valence-corrected chi connectivity index (χ3v) is 1.69. The number of hydrogen-bond donors (Lipinski definition) is 0. The summed E-state index contributed by atoms with van der Waals surface area (Å²) in [5, 5.41) is 0. The summed E-state index contributed by atoms with van der Waals surface area (Å²) >= 11 is 0. The van der Waals surface area contributed by atoms with Gasteiger partial charge in [0, 0.05) is 25.7 Å². The molecule has 0 amide bonds. The second-order valence-corrected chi connectivity index (χ2v) is 2.91. The highest BCUT2D eigenvalue weighted by molar-refractivity contribution is 5.27. The maximum absolute atomic E-state index is 3.01. The Bertz CT molecular complexity index is 314. The van der Waals surface area contributed by atoms with Crippen LogP contribution in [0, 0.1) is 47.4 Å². The van der Waals surface area contributed by atoms with Gasteiger partial charge in [0.05, 0.1) is 0 Å². The zero-order valence-electron chi connectivity index (χ0n) is 8.24. The molecular weight excluding hydrogens is 168 g/mol. The highest BCUT2D eigenvalue weighted by Crippen LogP contribution is 1.93. The van der Waals surface area contributed by atoms with Crippen LogP contribution in [-0.4, -0.2) is 0 Å². The fraction of sp³-hybridized carbons (Fsp3) is 0.429. The zero-order valence-corrected chi connectivity index (χ0v) is 8.24. The van der Waals surface area contributed by atoms with E-state index in [0.29, 0.717) is 0 Å². The van der Waals surface area contributed by atoms with E-state index in [1.54, 1.807) is 0 Å². The van der Waals surface area contributed by atoms with Gasteiger partial charge in [-0.15, -0.1) is 0 Å². The van der Waals surface area contributed by atoms with Crippen LogP contribution in [0.15, 0.2) is 0 Å². The summed E-state index contributed by atoms with van der Waals surface area (Å²) in [6, 6.07) is 0. The van der Waals surface area contributed by atoms with Crippen LogP contribution in [0.4, 0.5) is 0 Å². The van der Waals surface area contributed by atoms with Crippen molar-refractivity contribution in [3.63, 3.8) is 0 Å². The lowest BCUT2D eigenvalue weighted by atomic mass is 10.2. The van der Waals surface area contributed by atoms with Crippen LogP contribution >= 0.6 is 0 Å². The van der Waals surface area contributed by atoms with E-state index in [4.69, 9.17) is 0 Å². The normalized spacial score (nSPS) is 14.9. The quantitative estimate of drug-likeness (QED) is 0.502. The van der Waals surface area contributed by atoms with Crippen LogP contribution in [0.2, 0.25) is 0 Å². The molecular formula is C14H12. The summed E-state index contributed by atoms with van der Waals surface area (Å²) in [4.78, 5) is 0. The van der Waals surface area contributed by atoms with Gasteiger partial charge >= 0.3 is 0 Å². The molecule has 0 heteroatoms. The summed E-state index contributed by atoms with van der Waals surface area (Å²) in [5.74, 6) is 23.4. The van der Waals surface area contributed by atoms with Crippen molar-refractivity contribution in [1.82, 2.24) is 0 Å². The first kappa shape index (κ1) is 10.3. The van der Waals surface area contributed by atoms with E-state index in [1.807, 2.05) is 0 Å². The maximum atomic E-state index is 3.01. The Balaban J connectivity index is 2.47. The van der Waals surface area contributed by atoms with Crippen LogP contribution in [0.5, 0.6) is 0 Å². The molecule has 0 nitrogen and oxygen atoms in total. The predicted octanol–water partition coefficient (Wildman–Crippen LogP) is 2.35. The molecule has 0 spiro atoms. The predicted molar refractivity (Wildman–Crippen MR) is 58.8 cm³/mol. The molecule has 0 aromatic carbocycles. The third-order valence-electron chi connectivity index (χ3n) is 1.69. The molecule has 1 aliphatic rings. The van der Waals surface area contributed by atoms with Crippen molar-refractivity contribution in [3.8, 4) is 47.4 Å². The van der Waals surface area contributed by atoms with Crippen molar-refractivity contribution in [2.45, 2.75) is 38.5 Å². The summed E-state index contributed by atoms with van der Waals surface area (Å²) in [5.41, 5.74) is 0. The molecule has 0 N–H and O–H groups in total. The van der Waals surface area contributed by atoms with Gasteiger partial charge in [-0.25, -0.2) is 0 Å². The minimum absolute atomic E-state index is 0.886. The first-order valence-electron chi connectivity index (χ1n) is 4.91. The number of rotatable bonds is 0. The molecule has 1 rings (SSSR count). The molecule has 0 atom stereocenters. The van der Waals surface area contributed by atoms with Gasteiger partial charge in [-0.1, -0.05) is 23.7 Å². The summed E-state index contributed by atoms with van der Waals surface area (Å²) in [6.07, 6.45) is 5.58. The Morgan fingerprint density at radius 1 is 0.429 bits per heavy atom. The second-order valence-electron chi connectivity index (χ2n) is 2.91. The van der Waals surface area contributed by atoms with Crippen LogP contribution in [0.25, 0.3) is 0 Å². The first-order chi connectivity index (χ1) is 7.00. The zero-order chi connectivity index (χ0) is 9.90. The number of hydrogen-bond acceptors (Lipinski definition) is 0. The van der Waals surface area contributed by atoms with Crippen molar-refractivity contribution < 1.29 is 0 Å². The Hall–Kier alpha value is -1.76. The molecule has 0 saturated heterocycles. The Labute approximate surface area is 86.5 Å². The lowest BCUT2D eigenvalue weighted by Crippen LogP contribution is -1.72. The van der Waals surface area contributed by atoms with Crippen LogP contribution < -0.4 is 0 Å². The lowest BCUT2D eigenvalue weighted by Gasteiger charge is -1.84. The highest BCUT2D eigenvalue weighted by Gasteiger charge is 1.80. The molecule has 0 unspecified atom stereocenters. The molecule has 0 fully saturated rings. The van der Waals surface area contributed by atoms with Gasteiger partial charge in [0.1, 0.15) is 0 Å². The fourth-order valence-corrected chi connectivity index (χ4v) is 0.957. The highest BCUT2D eigenvalue weighted by atomic mass is 13.8. The van der Waals surface area contributed by atoms with Gasteiger partial charge in [0.15, 0.2) is 0 Å². The largest absolute Gasteiger partial charge is 0.0891 e. The SMILES string of the molecule is C1#CCCCC#CC#CCCCC#C1. The average Bonchev–Trinajstić information content (AvgIpc) is 2.22. The van der Waals surface area contributed by atoms with E-state index in [1.165, 1.54) is 0 Å². The van der Waals surface area contributed by atoms with Crippen molar-refractivity contribution in [2.24, 2.45) is 0 Å². The van der Waals surface area contributed by atoms with E-state index in [2.05, 4.69) is 47.4 Å². The third kappa shape index (κ3) is 5.84. The van der Waals surface area contributed by atoms with Crippen molar-refractivity contribution in [2.75, 3.05) is 0 Å². The van der Waals surface area contributed by atoms with Crippen molar-refractivity contribution in [1.29, 1.82) is 0 Å². The van der Waals surface area contributed by atoms with Crippen LogP contribution in [-0.2, 0) is 0 Å². The Morgan fingerprint density at radius 2 is 0.714 bits per heavy atom. The molecule has 0 aromatic rings. The van der Waals surface area contributed by atoms with Crippen molar-refractivity contribution in [3.05, 3.63) is 0 Å². The smallest absolute Gasteiger partial charge is 0.0108 e. The first-order valence-corrected chi connectivity index (χ1v) is 4.91. The van der Waals surface area contributed by atoms with E-state index in [9.17, 15) is 0 Å². The molecule has 0 heterocycles. The van der Waals surface area contributed by atoms with E-state index < -0.39 is 0 Å². The Morgan fingerprint density at radius 3 is 1.00 bits per heavy atom.